The number of oxime groups is 1. The smallest absolute Gasteiger partial charge is 0.159 e. The van der Waals surface area contributed by atoms with Gasteiger partial charge in [0.15, 0.2) is 6.10 Å². The van der Waals surface area contributed by atoms with Crippen molar-refractivity contribution in [3.63, 3.8) is 0 Å². The first-order valence-corrected chi connectivity index (χ1v) is 4.30. The highest BCUT2D eigenvalue weighted by atomic mass is 16.6. The Balaban J connectivity index is 2.14. The van der Waals surface area contributed by atoms with Crippen LogP contribution in [0.4, 0.5) is 0 Å². The third kappa shape index (κ3) is 1.64. The minimum Gasteiger partial charge on any atom is -0.386 e. The Kier molecular flexibility index (Phi) is 1.93. The minimum atomic E-state index is 0.0144. The van der Waals surface area contributed by atoms with Crippen LogP contribution in [-0.2, 0) is 4.84 Å². The number of hydrogen-bond donors (Lipinski definition) is 1. The molecule has 0 saturated carbocycles. The van der Waals surface area contributed by atoms with E-state index in [2.05, 4.69) is 24.2 Å². The van der Waals surface area contributed by atoms with Crippen molar-refractivity contribution in [1.82, 2.24) is 0 Å². The van der Waals surface area contributed by atoms with E-state index in [0.717, 1.165) is 5.56 Å². The molecule has 3 heteroatoms. The van der Waals surface area contributed by atoms with Crippen molar-refractivity contribution in [2.24, 2.45) is 10.9 Å². The number of hydrogen-bond acceptors (Lipinski definition) is 3. The molecule has 0 radical (unpaired) electrons. The summed E-state index contributed by atoms with van der Waals surface area (Å²) in [7, 11) is 0. The van der Waals surface area contributed by atoms with Gasteiger partial charge in [-0.2, -0.15) is 0 Å². The number of rotatable bonds is 1. The van der Waals surface area contributed by atoms with Gasteiger partial charge in [-0.3, -0.25) is 0 Å². The summed E-state index contributed by atoms with van der Waals surface area (Å²) in [5.41, 5.74) is 7.90. The quantitative estimate of drug-likeness (QED) is 0.708. The highest BCUT2D eigenvalue weighted by molar-refractivity contribution is 5.81. The van der Waals surface area contributed by atoms with E-state index in [0.29, 0.717) is 12.3 Å². The highest BCUT2D eigenvalue weighted by Gasteiger charge is 2.20. The molecule has 1 heterocycles. The minimum absolute atomic E-state index is 0.0144. The molecular weight excluding hydrogens is 164 g/mol. The van der Waals surface area contributed by atoms with Gasteiger partial charge in [-0.15, -0.1) is 0 Å². The molecule has 13 heavy (non-hydrogen) atoms. The van der Waals surface area contributed by atoms with Gasteiger partial charge in [0.25, 0.3) is 0 Å². The number of amidine groups is 1. The maximum absolute atomic E-state index is 5.52. The van der Waals surface area contributed by atoms with Crippen molar-refractivity contribution in [2.45, 2.75) is 19.4 Å². The zero-order valence-electron chi connectivity index (χ0n) is 7.53. The van der Waals surface area contributed by atoms with Gasteiger partial charge in [0.2, 0.25) is 0 Å². The van der Waals surface area contributed by atoms with Gasteiger partial charge in [0.1, 0.15) is 5.84 Å². The van der Waals surface area contributed by atoms with Gasteiger partial charge in [-0.05, 0) is 12.5 Å². The van der Waals surface area contributed by atoms with E-state index in [4.69, 9.17) is 10.6 Å². The lowest BCUT2D eigenvalue weighted by atomic mass is 10.1. The first kappa shape index (κ1) is 8.10. The van der Waals surface area contributed by atoms with E-state index >= 15 is 0 Å². The fraction of sp³-hybridized carbons (Fsp3) is 0.300. The lowest BCUT2D eigenvalue weighted by Gasteiger charge is -2.07. The maximum atomic E-state index is 5.52. The SMILES string of the molecule is Cc1ccc(C2CC(N)=NO2)cc1. The first-order chi connectivity index (χ1) is 6.25. The summed E-state index contributed by atoms with van der Waals surface area (Å²) in [6.07, 6.45) is 0.712. The molecular formula is C10H12N2O. The van der Waals surface area contributed by atoms with Gasteiger partial charge in [-0.1, -0.05) is 35.0 Å². The fourth-order valence-electron chi connectivity index (χ4n) is 1.36. The predicted octanol–water partition coefficient (Wildman–Crippen LogP) is 1.73. The van der Waals surface area contributed by atoms with Crippen molar-refractivity contribution >= 4 is 5.84 Å². The second-order valence-corrected chi connectivity index (χ2v) is 3.29. The van der Waals surface area contributed by atoms with Crippen LogP contribution in [0.15, 0.2) is 29.4 Å². The Bertz CT molecular complexity index is 329. The topological polar surface area (TPSA) is 47.6 Å². The van der Waals surface area contributed by atoms with Gasteiger partial charge >= 0.3 is 0 Å². The third-order valence-electron chi connectivity index (χ3n) is 2.14. The molecule has 1 unspecified atom stereocenters. The summed E-state index contributed by atoms with van der Waals surface area (Å²) >= 11 is 0. The molecule has 1 atom stereocenters. The van der Waals surface area contributed by atoms with Gasteiger partial charge in [-0.25, -0.2) is 0 Å². The van der Waals surface area contributed by atoms with E-state index in [1.807, 2.05) is 12.1 Å². The number of nitrogens with two attached hydrogens (primary N) is 1. The van der Waals surface area contributed by atoms with Crippen LogP contribution in [0.1, 0.15) is 23.7 Å². The number of nitrogens with zero attached hydrogens (tertiary/aromatic N) is 1. The molecule has 0 spiro atoms. The van der Waals surface area contributed by atoms with Crippen LogP contribution < -0.4 is 5.73 Å². The van der Waals surface area contributed by atoms with Crippen LogP contribution in [0.3, 0.4) is 0 Å². The third-order valence-corrected chi connectivity index (χ3v) is 2.14. The van der Waals surface area contributed by atoms with Crippen molar-refractivity contribution in [3.05, 3.63) is 35.4 Å². The Labute approximate surface area is 77.2 Å². The van der Waals surface area contributed by atoms with Crippen molar-refractivity contribution in [2.75, 3.05) is 0 Å². The van der Waals surface area contributed by atoms with Crippen molar-refractivity contribution in [3.8, 4) is 0 Å². The van der Waals surface area contributed by atoms with Crippen LogP contribution in [0.2, 0.25) is 0 Å². The van der Waals surface area contributed by atoms with Crippen LogP contribution in [0.5, 0.6) is 0 Å². The Morgan fingerprint density at radius 2 is 2.08 bits per heavy atom. The number of benzene rings is 1. The van der Waals surface area contributed by atoms with Gasteiger partial charge in [0, 0.05) is 0 Å². The molecule has 0 saturated heterocycles. The van der Waals surface area contributed by atoms with E-state index in [1.54, 1.807) is 0 Å². The fourth-order valence-corrected chi connectivity index (χ4v) is 1.36. The summed E-state index contributed by atoms with van der Waals surface area (Å²) < 4.78 is 0. The second-order valence-electron chi connectivity index (χ2n) is 3.29. The lowest BCUT2D eigenvalue weighted by molar-refractivity contribution is 0.0857. The summed E-state index contributed by atoms with van der Waals surface area (Å²) in [5.74, 6) is 0.575. The molecule has 1 aliphatic rings. The summed E-state index contributed by atoms with van der Waals surface area (Å²) in [5, 5.41) is 3.71. The van der Waals surface area contributed by atoms with Crippen LogP contribution in [0.25, 0.3) is 0 Å². The maximum Gasteiger partial charge on any atom is 0.159 e. The zero-order valence-corrected chi connectivity index (χ0v) is 7.53. The Morgan fingerprint density at radius 1 is 1.38 bits per heavy atom. The van der Waals surface area contributed by atoms with Gasteiger partial charge < -0.3 is 10.6 Å². The molecule has 1 aromatic rings. The number of aryl methyl sites for hydroxylation is 1. The van der Waals surface area contributed by atoms with Crippen molar-refractivity contribution in [1.29, 1.82) is 0 Å². The molecule has 0 aliphatic carbocycles. The zero-order chi connectivity index (χ0) is 9.26. The standard InChI is InChI=1S/C10H12N2O/c1-7-2-4-8(5-3-7)9-6-10(11)12-13-9/h2-5,9H,6H2,1H3,(H2,11,12). The lowest BCUT2D eigenvalue weighted by Crippen LogP contribution is -2.09. The predicted molar refractivity (Wildman–Crippen MR) is 51.2 cm³/mol. The van der Waals surface area contributed by atoms with Crippen molar-refractivity contribution < 1.29 is 4.84 Å². The first-order valence-electron chi connectivity index (χ1n) is 4.30. The summed E-state index contributed by atoms with van der Waals surface area (Å²) in [6, 6.07) is 8.22. The van der Waals surface area contributed by atoms with Crippen LogP contribution >= 0.6 is 0 Å². The van der Waals surface area contributed by atoms with E-state index < -0.39 is 0 Å². The molecule has 0 aromatic heterocycles. The van der Waals surface area contributed by atoms with Gasteiger partial charge in [0.05, 0.1) is 6.42 Å². The van der Waals surface area contributed by atoms with E-state index in [1.165, 1.54) is 5.56 Å². The molecule has 1 aliphatic heterocycles. The molecule has 2 N–H and O–H groups in total. The average molecular weight is 176 g/mol. The largest absolute Gasteiger partial charge is 0.386 e. The molecule has 68 valence electrons. The summed E-state index contributed by atoms with van der Waals surface area (Å²) in [6.45, 7) is 2.06. The van der Waals surface area contributed by atoms with Crippen LogP contribution in [0, 0.1) is 6.92 Å². The second kappa shape index (κ2) is 3.09. The molecule has 2 rings (SSSR count). The molecule has 0 fully saturated rings. The molecule has 3 nitrogen and oxygen atoms in total. The van der Waals surface area contributed by atoms with E-state index in [-0.39, 0.29) is 6.10 Å². The average Bonchev–Trinajstić information content (AvgIpc) is 2.53. The molecule has 0 amide bonds. The summed E-state index contributed by atoms with van der Waals surface area (Å²) in [4.78, 5) is 5.15. The van der Waals surface area contributed by atoms with Crippen LogP contribution in [-0.4, -0.2) is 5.84 Å². The Hall–Kier alpha value is -1.51. The Morgan fingerprint density at radius 3 is 2.62 bits per heavy atom. The van der Waals surface area contributed by atoms with E-state index in [9.17, 15) is 0 Å². The highest BCUT2D eigenvalue weighted by Crippen LogP contribution is 2.25. The molecule has 0 bridgehead atoms. The monoisotopic (exact) mass is 176 g/mol. The molecule has 1 aromatic carbocycles. The normalized spacial score (nSPS) is 21.0.